The van der Waals surface area contributed by atoms with Crippen LogP contribution in [0.1, 0.15) is 12.0 Å². The monoisotopic (exact) mass is 333 g/mol. The van der Waals surface area contributed by atoms with Crippen molar-refractivity contribution in [2.24, 2.45) is 0 Å². The standard InChI is InChI=1S/C15H19N5O2S/c1-12-4-2-3-5-13(12)20-15(16-17-18-20)23-11-6-14(21)19-7-9-22-10-8-19/h2-5H,6-11H2,1H3. The molecule has 0 unspecified atom stereocenters. The lowest BCUT2D eigenvalue weighted by molar-refractivity contribution is -0.134. The van der Waals surface area contributed by atoms with Crippen molar-refractivity contribution in [3.8, 4) is 5.69 Å². The van der Waals surface area contributed by atoms with Crippen LogP contribution in [0.2, 0.25) is 0 Å². The lowest BCUT2D eigenvalue weighted by atomic mass is 10.2. The van der Waals surface area contributed by atoms with E-state index in [4.69, 9.17) is 4.74 Å². The molecule has 0 bridgehead atoms. The van der Waals surface area contributed by atoms with Gasteiger partial charge in [-0.2, -0.15) is 4.68 Å². The number of benzene rings is 1. The summed E-state index contributed by atoms with van der Waals surface area (Å²) in [6, 6.07) is 7.94. The third-order valence-electron chi connectivity index (χ3n) is 3.70. The summed E-state index contributed by atoms with van der Waals surface area (Å²) in [5.74, 6) is 0.818. The lowest BCUT2D eigenvalue weighted by Crippen LogP contribution is -2.40. The number of carbonyl (C=O) groups excluding carboxylic acids is 1. The second kappa shape index (κ2) is 7.56. The number of carbonyl (C=O) groups is 1. The third-order valence-corrected chi connectivity index (χ3v) is 4.62. The average Bonchev–Trinajstić information content (AvgIpc) is 3.04. The van der Waals surface area contributed by atoms with E-state index in [2.05, 4.69) is 15.5 Å². The number of nitrogens with zero attached hydrogens (tertiary/aromatic N) is 5. The molecule has 1 aromatic carbocycles. The SMILES string of the molecule is Cc1ccccc1-n1nnnc1SCCC(=O)N1CCOCC1. The van der Waals surface area contributed by atoms with Crippen molar-refractivity contribution in [2.75, 3.05) is 32.1 Å². The molecule has 1 aliphatic heterocycles. The van der Waals surface area contributed by atoms with Gasteiger partial charge < -0.3 is 9.64 Å². The number of aryl methyl sites for hydroxylation is 1. The van der Waals surface area contributed by atoms with Gasteiger partial charge in [-0.15, -0.1) is 5.10 Å². The number of thioether (sulfide) groups is 1. The fraction of sp³-hybridized carbons (Fsp3) is 0.467. The summed E-state index contributed by atoms with van der Waals surface area (Å²) in [4.78, 5) is 14.0. The first-order valence-electron chi connectivity index (χ1n) is 7.58. The van der Waals surface area contributed by atoms with Crippen molar-refractivity contribution in [3.63, 3.8) is 0 Å². The van der Waals surface area contributed by atoms with Crippen molar-refractivity contribution in [1.82, 2.24) is 25.1 Å². The molecule has 0 atom stereocenters. The maximum absolute atomic E-state index is 12.1. The van der Waals surface area contributed by atoms with Gasteiger partial charge in [0.05, 0.1) is 18.9 Å². The molecule has 8 heteroatoms. The predicted octanol–water partition coefficient (Wildman–Crippen LogP) is 1.31. The van der Waals surface area contributed by atoms with Gasteiger partial charge in [0.2, 0.25) is 11.1 Å². The number of hydrogen-bond donors (Lipinski definition) is 0. The van der Waals surface area contributed by atoms with E-state index in [1.165, 1.54) is 11.8 Å². The van der Waals surface area contributed by atoms with E-state index in [0.29, 0.717) is 43.6 Å². The summed E-state index contributed by atoms with van der Waals surface area (Å²) in [7, 11) is 0. The van der Waals surface area contributed by atoms with E-state index in [-0.39, 0.29) is 5.91 Å². The Labute approximate surface area is 139 Å². The van der Waals surface area contributed by atoms with Crippen LogP contribution in [-0.4, -0.2) is 63.1 Å². The molecule has 23 heavy (non-hydrogen) atoms. The highest BCUT2D eigenvalue weighted by Crippen LogP contribution is 2.21. The molecular weight excluding hydrogens is 314 g/mol. The molecule has 1 aromatic heterocycles. The van der Waals surface area contributed by atoms with Crippen LogP contribution >= 0.6 is 11.8 Å². The zero-order valence-corrected chi connectivity index (χ0v) is 13.8. The van der Waals surface area contributed by atoms with Crippen LogP contribution in [0.3, 0.4) is 0 Å². The topological polar surface area (TPSA) is 73.1 Å². The molecular formula is C15H19N5O2S. The van der Waals surface area contributed by atoms with Crippen molar-refractivity contribution in [1.29, 1.82) is 0 Å². The maximum Gasteiger partial charge on any atom is 0.223 e. The van der Waals surface area contributed by atoms with Crippen LogP contribution in [0.15, 0.2) is 29.4 Å². The molecule has 2 aromatic rings. The van der Waals surface area contributed by atoms with Crippen LogP contribution in [0.4, 0.5) is 0 Å². The van der Waals surface area contributed by atoms with Crippen molar-refractivity contribution in [2.45, 2.75) is 18.5 Å². The van der Waals surface area contributed by atoms with Crippen LogP contribution < -0.4 is 0 Å². The van der Waals surface area contributed by atoms with Crippen molar-refractivity contribution in [3.05, 3.63) is 29.8 Å². The molecule has 122 valence electrons. The number of ether oxygens (including phenoxy) is 1. The molecule has 1 fully saturated rings. The summed E-state index contributed by atoms with van der Waals surface area (Å²) in [5.41, 5.74) is 2.06. The molecule has 0 N–H and O–H groups in total. The Hall–Kier alpha value is -1.93. The number of aromatic nitrogens is 4. The fourth-order valence-electron chi connectivity index (χ4n) is 2.42. The highest BCUT2D eigenvalue weighted by atomic mass is 32.2. The minimum Gasteiger partial charge on any atom is -0.378 e. The summed E-state index contributed by atoms with van der Waals surface area (Å²) >= 11 is 1.50. The summed E-state index contributed by atoms with van der Waals surface area (Å²) in [5, 5.41) is 12.6. The minimum atomic E-state index is 0.163. The molecule has 0 aliphatic carbocycles. The molecule has 1 aliphatic rings. The fourth-order valence-corrected chi connectivity index (χ4v) is 3.23. The zero-order chi connectivity index (χ0) is 16.1. The summed E-state index contributed by atoms with van der Waals surface area (Å²) in [6.07, 6.45) is 0.477. The van der Waals surface area contributed by atoms with Crippen LogP contribution in [-0.2, 0) is 9.53 Å². The smallest absolute Gasteiger partial charge is 0.223 e. The number of tetrazole rings is 1. The molecule has 0 spiro atoms. The first kappa shape index (κ1) is 15.9. The Bertz CT molecular complexity index is 669. The van der Waals surface area contributed by atoms with E-state index in [9.17, 15) is 4.79 Å². The molecule has 3 rings (SSSR count). The summed E-state index contributed by atoms with van der Waals surface area (Å²) in [6.45, 7) is 4.65. The van der Waals surface area contributed by atoms with Gasteiger partial charge in [0.25, 0.3) is 0 Å². The Balaban J connectivity index is 1.58. The van der Waals surface area contributed by atoms with Gasteiger partial charge in [-0.3, -0.25) is 4.79 Å². The molecule has 7 nitrogen and oxygen atoms in total. The van der Waals surface area contributed by atoms with E-state index < -0.39 is 0 Å². The van der Waals surface area contributed by atoms with E-state index in [1.54, 1.807) is 4.68 Å². The average molecular weight is 333 g/mol. The molecule has 1 amide bonds. The second-order valence-electron chi connectivity index (χ2n) is 5.25. The Morgan fingerprint density at radius 3 is 2.87 bits per heavy atom. The minimum absolute atomic E-state index is 0.163. The van der Waals surface area contributed by atoms with Crippen LogP contribution in [0.25, 0.3) is 5.69 Å². The molecule has 2 heterocycles. The Morgan fingerprint density at radius 1 is 1.30 bits per heavy atom. The predicted molar refractivity (Wildman–Crippen MR) is 86.6 cm³/mol. The molecule has 1 saturated heterocycles. The van der Waals surface area contributed by atoms with E-state index in [0.717, 1.165) is 11.3 Å². The van der Waals surface area contributed by atoms with Gasteiger partial charge in [0.15, 0.2) is 0 Å². The van der Waals surface area contributed by atoms with E-state index >= 15 is 0 Å². The van der Waals surface area contributed by atoms with Crippen LogP contribution in [0, 0.1) is 6.92 Å². The van der Waals surface area contributed by atoms with Gasteiger partial charge in [-0.1, -0.05) is 30.0 Å². The highest BCUT2D eigenvalue weighted by Gasteiger charge is 2.17. The number of amides is 1. The van der Waals surface area contributed by atoms with Gasteiger partial charge >= 0.3 is 0 Å². The first-order valence-corrected chi connectivity index (χ1v) is 8.57. The quantitative estimate of drug-likeness (QED) is 0.768. The number of hydrogen-bond acceptors (Lipinski definition) is 6. The molecule has 0 saturated carbocycles. The first-order chi connectivity index (χ1) is 11.3. The third kappa shape index (κ3) is 3.89. The van der Waals surface area contributed by atoms with Crippen LogP contribution in [0.5, 0.6) is 0 Å². The number of rotatable bonds is 5. The Kier molecular flexibility index (Phi) is 5.24. The van der Waals surface area contributed by atoms with Gasteiger partial charge in [-0.05, 0) is 29.0 Å². The van der Waals surface area contributed by atoms with Crippen molar-refractivity contribution >= 4 is 17.7 Å². The largest absolute Gasteiger partial charge is 0.378 e. The Morgan fingerprint density at radius 2 is 2.09 bits per heavy atom. The lowest BCUT2D eigenvalue weighted by Gasteiger charge is -2.26. The highest BCUT2D eigenvalue weighted by molar-refractivity contribution is 7.99. The van der Waals surface area contributed by atoms with Gasteiger partial charge in [0, 0.05) is 25.3 Å². The normalized spacial score (nSPS) is 14.9. The number of morpholine rings is 1. The van der Waals surface area contributed by atoms with Gasteiger partial charge in [-0.25, -0.2) is 0 Å². The van der Waals surface area contributed by atoms with E-state index in [1.807, 2.05) is 36.1 Å². The number of para-hydroxylation sites is 1. The second-order valence-corrected chi connectivity index (χ2v) is 6.31. The van der Waals surface area contributed by atoms with Gasteiger partial charge in [0.1, 0.15) is 0 Å². The molecule has 0 radical (unpaired) electrons. The van der Waals surface area contributed by atoms with Crippen molar-refractivity contribution < 1.29 is 9.53 Å². The zero-order valence-electron chi connectivity index (χ0n) is 13.0. The maximum atomic E-state index is 12.1. The summed E-state index contributed by atoms with van der Waals surface area (Å²) < 4.78 is 6.98.